The van der Waals surface area contributed by atoms with E-state index in [1.54, 1.807) is 0 Å². The summed E-state index contributed by atoms with van der Waals surface area (Å²) in [4.78, 5) is 5.09. The summed E-state index contributed by atoms with van der Waals surface area (Å²) in [6.45, 7) is 5.13. The van der Waals surface area contributed by atoms with Crippen molar-refractivity contribution >= 4 is 0 Å². The van der Waals surface area contributed by atoms with Crippen molar-refractivity contribution < 1.29 is 0 Å². The van der Waals surface area contributed by atoms with Crippen LogP contribution in [0.4, 0.5) is 0 Å². The van der Waals surface area contributed by atoms with Gasteiger partial charge < -0.3 is 15.5 Å². The molecule has 4 rings (SSSR count). The second-order valence-corrected chi connectivity index (χ2v) is 7.76. The molecule has 3 saturated heterocycles. The van der Waals surface area contributed by atoms with Crippen LogP contribution < -0.4 is 10.6 Å². The van der Waals surface area contributed by atoms with Crippen LogP contribution in [0, 0.1) is 23.7 Å². The van der Waals surface area contributed by atoms with Gasteiger partial charge in [0.15, 0.2) is 0 Å². The molecule has 1 saturated carbocycles. The van der Waals surface area contributed by atoms with E-state index in [-0.39, 0.29) is 0 Å². The average Bonchev–Trinajstić information content (AvgIpc) is 3.04. The van der Waals surface area contributed by atoms with Crippen LogP contribution >= 0.6 is 0 Å². The number of nitrogens with one attached hydrogen (secondary N) is 2. The van der Waals surface area contributed by atoms with Crippen LogP contribution in [-0.2, 0) is 0 Å². The highest BCUT2D eigenvalue weighted by molar-refractivity contribution is 4.96. The fourth-order valence-corrected chi connectivity index (χ4v) is 5.48. The Kier molecular flexibility index (Phi) is 3.53. The lowest BCUT2D eigenvalue weighted by molar-refractivity contribution is 0.175. The minimum atomic E-state index is 0.619. The van der Waals surface area contributed by atoms with Gasteiger partial charge in [0.25, 0.3) is 0 Å². The third-order valence-electron chi connectivity index (χ3n) is 6.58. The number of rotatable bonds is 3. The largest absolute Gasteiger partial charge is 0.306 e. The fraction of sp³-hybridized carbons (Fsp3) is 1.00. The Hall–Kier alpha value is -0.160. The van der Waals surface area contributed by atoms with Crippen LogP contribution in [0.25, 0.3) is 0 Å². The maximum Gasteiger partial charge on any atom is 0.0638 e. The van der Waals surface area contributed by atoms with E-state index >= 15 is 0 Å². The van der Waals surface area contributed by atoms with Crippen LogP contribution in [0.2, 0.25) is 0 Å². The summed E-state index contributed by atoms with van der Waals surface area (Å²) >= 11 is 0. The summed E-state index contributed by atoms with van der Waals surface area (Å²) in [6.07, 6.45) is 6.85. The zero-order valence-electron chi connectivity index (χ0n) is 13.0. The van der Waals surface area contributed by atoms with Gasteiger partial charge in [0.1, 0.15) is 0 Å². The van der Waals surface area contributed by atoms with Gasteiger partial charge in [-0.3, -0.25) is 4.90 Å². The van der Waals surface area contributed by atoms with Crippen molar-refractivity contribution in [3.05, 3.63) is 0 Å². The van der Waals surface area contributed by atoms with Crippen molar-refractivity contribution in [1.82, 2.24) is 20.4 Å². The molecule has 3 heterocycles. The Morgan fingerprint density at radius 1 is 1.10 bits per heavy atom. The number of fused-ring (bicyclic) bond motifs is 3. The lowest BCUT2D eigenvalue weighted by Gasteiger charge is -2.29. The normalized spacial score (nSPS) is 48.9. The Morgan fingerprint density at radius 2 is 2.00 bits per heavy atom. The van der Waals surface area contributed by atoms with Crippen LogP contribution in [0.1, 0.15) is 25.7 Å². The molecule has 1 aliphatic carbocycles. The lowest BCUT2D eigenvalue weighted by Crippen LogP contribution is -2.48. The Morgan fingerprint density at radius 3 is 2.85 bits per heavy atom. The highest BCUT2D eigenvalue weighted by Gasteiger charge is 2.44. The molecule has 2 N–H and O–H groups in total. The first kappa shape index (κ1) is 13.5. The molecular formula is C16H30N4. The molecule has 6 atom stereocenters. The molecule has 2 bridgehead atoms. The minimum Gasteiger partial charge on any atom is -0.306 e. The van der Waals surface area contributed by atoms with E-state index in [0.717, 1.165) is 23.7 Å². The minimum absolute atomic E-state index is 0.619. The second kappa shape index (κ2) is 5.24. The molecule has 6 unspecified atom stereocenters. The molecule has 0 radical (unpaired) electrons. The molecular weight excluding hydrogens is 248 g/mol. The van der Waals surface area contributed by atoms with E-state index in [9.17, 15) is 0 Å². The van der Waals surface area contributed by atoms with Gasteiger partial charge in [0, 0.05) is 13.1 Å². The number of hydrogen-bond donors (Lipinski definition) is 2. The molecule has 0 aromatic rings. The number of piperidine rings is 1. The van der Waals surface area contributed by atoms with Crippen LogP contribution in [0.5, 0.6) is 0 Å². The molecule has 114 valence electrons. The van der Waals surface area contributed by atoms with Crippen molar-refractivity contribution in [2.24, 2.45) is 23.7 Å². The van der Waals surface area contributed by atoms with E-state index in [2.05, 4.69) is 34.5 Å². The maximum absolute atomic E-state index is 3.94. The summed E-state index contributed by atoms with van der Waals surface area (Å²) in [5.74, 6) is 3.76. The fourth-order valence-electron chi connectivity index (χ4n) is 5.48. The van der Waals surface area contributed by atoms with Gasteiger partial charge in [-0.05, 0) is 76.5 Å². The highest BCUT2D eigenvalue weighted by Crippen LogP contribution is 2.41. The van der Waals surface area contributed by atoms with Crippen molar-refractivity contribution in [1.29, 1.82) is 0 Å². The van der Waals surface area contributed by atoms with Gasteiger partial charge >= 0.3 is 0 Å². The monoisotopic (exact) mass is 278 g/mol. The van der Waals surface area contributed by atoms with Crippen molar-refractivity contribution in [2.45, 2.75) is 38.0 Å². The second-order valence-electron chi connectivity index (χ2n) is 7.76. The predicted molar refractivity (Wildman–Crippen MR) is 81.3 cm³/mol. The molecule has 4 fully saturated rings. The summed E-state index contributed by atoms with van der Waals surface area (Å²) < 4.78 is 0. The summed E-state index contributed by atoms with van der Waals surface area (Å²) in [7, 11) is 4.59. The summed E-state index contributed by atoms with van der Waals surface area (Å²) in [5.41, 5.74) is 0. The van der Waals surface area contributed by atoms with Crippen molar-refractivity contribution in [3.63, 3.8) is 0 Å². The molecule has 0 aromatic heterocycles. The van der Waals surface area contributed by atoms with Gasteiger partial charge in [-0.1, -0.05) is 0 Å². The van der Waals surface area contributed by atoms with Gasteiger partial charge in [-0.25, -0.2) is 0 Å². The smallest absolute Gasteiger partial charge is 0.0638 e. The molecule has 3 aliphatic heterocycles. The quantitative estimate of drug-likeness (QED) is 0.798. The van der Waals surface area contributed by atoms with Gasteiger partial charge in [0.2, 0.25) is 0 Å². The summed E-state index contributed by atoms with van der Waals surface area (Å²) in [5, 5.41) is 7.58. The zero-order valence-corrected chi connectivity index (χ0v) is 13.0. The first-order valence-electron chi connectivity index (χ1n) is 8.59. The lowest BCUT2D eigenvalue weighted by atomic mass is 9.92. The number of likely N-dealkylation sites (tertiary alicyclic amines) is 2. The zero-order chi connectivity index (χ0) is 13.7. The van der Waals surface area contributed by atoms with E-state index in [4.69, 9.17) is 0 Å². The first-order chi connectivity index (χ1) is 9.72. The molecule has 0 aromatic carbocycles. The predicted octanol–water partition coefficient (Wildman–Crippen LogP) is 0.761. The SMILES string of the molecule is CN1CC2CCC(CNC3C4CCNC(C4)N3C)C2C1. The standard InChI is InChI=1S/C16H30N4/c1-19-9-13-4-3-12(14(13)10-19)8-18-16-11-5-6-17-15(7-11)20(16)2/h11-18H,3-10H2,1-2H3. The number of hydrogen-bond acceptors (Lipinski definition) is 4. The summed E-state index contributed by atoms with van der Waals surface area (Å²) in [6, 6.07) is 0. The molecule has 0 spiro atoms. The van der Waals surface area contributed by atoms with Crippen LogP contribution in [0.3, 0.4) is 0 Å². The van der Waals surface area contributed by atoms with Crippen LogP contribution in [-0.4, -0.2) is 62.4 Å². The third-order valence-corrected chi connectivity index (χ3v) is 6.58. The Bertz CT molecular complexity index is 358. The number of nitrogens with zero attached hydrogens (tertiary/aromatic N) is 2. The topological polar surface area (TPSA) is 30.5 Å². The molecule has 20 heavy (non-hydrogen) atoms. The Balaban J connectivity index is 1.34. The average molecular weight is 278 g/mol. The van der Waals surface area contributed by atoms with Crippen molar-refractivity contribution in [2.75, 3.05) is 40.3 Å². The van der Waals surface area contributed by atoms with Gasteiger partial charge in [-0.15, -0.1) is 0 Å². The van der Waals surface area contributed by atoms with E-state index in [1.807, 2.05) is 0 Å². The van der Waals surface area contributed by atoms with Crippen molar-refractivity contribution in [3.8, 4) is 0 Å². The Labute approximate surface area is 123 Å². The molecule has 4 aliphatic rings. The third kappa shape index (κ3) is 2.21. The van der Waals surface area contributed by atoms with Gasteiger partial charge in [0.05, 0.1) is 12.3 Å². The van der Waals surface area contributed by atoms with Crippen LogP contribution in [0.15, 0.2) is 0 Å². The van der Waals surface area contributed by atoms with Gasteiger partial charge in [-0.2, -0.15) is 0 Å². The van der Waals surface area contributed by atoms with E-state index in [0.29, 0.717) is 12.3 Å². The maximum atomic E-state index is 3.94. The van der Waals surface area contributed by atoms with E-state index in [1.165, 1.54) is 51.9 Å². The molecule has 0 amide bonds. The van der Waals surface area contributed by atoms with E-state index < -0.39 is 0 Å². The molecule has 4 heteroatoms. The highest BCUT2D eigenvalue weighted by atomic mass is 15.4. The first-order valence-corrected chi connectivity index (χ1v) is 8.59. The molecule has 4 nitrogen and oxygen atoms in total.